The van der Waals surface area contributed by atoms with Gasteiger partial charge in [0, 0.05) is 35.5 Å². The highest BCUT2D eigenvalue weighted by atomic mass is 79.9. The molecule has 0 aliphatic rings. The van der Waals surface area contributed by atoms with Crippen LogP contribution in [0.15, 0.2) is 30.3 Å². The Kier molecular flexibility index (Phi) is 4.94. The number of fused-ring (bicyclic) bond motifs is 1. The van der Waals surface area contributed by atoms with Crippen molar-refractivity contribution in [3.05, 3.63) is 41.6 Å². The average molecular weight is 321 g/mol. The molecular weight excluding hydrogens is 300 g/mol. The molecule has 19 heavy (non-hydrogen) atoms. The van der Waals surface area contributed by atoms with Crippen LogP contribution < -0.4 is 0 Å². The topological polar surface area (TPSA) is 16.1 Å². The van der Waals surface area contributed by atoms with Crippen molar-refractivity contribution in [3.63, 3.8) is 0 Å². The first-order valence-corrected chi connectivity index (χ1v) is 7.89. The van der Waals surface area contributed by atoms with E-state index in [2.05, 4.69) is 76.9 Å². The van der Waals surface area contributed by atoms with Gasteiger partial charge in [0.25, 0.3) is 0 Å². The van der Waals surface area contributed by atoms with Crippen molar-refractivity contribution >= 4 is 26.8 Å². The predicted octanol–water partition coefficient (Wildman–Crippen LogP) is 4.15. The fraction of sp³-hybridized carbons (Fsp3) is 0.438. The molecule has 0 bridgehead atoms. The van der Waals surface area contributed by atoms with Crippen LogP contribution >= 0.6 is 15.9 Å². The fourth-order valence-electron chi connectivity index (χ4n) is 2.37. The maximum Gasteiger partial charge on any atom is 0.0708 e. The normalized spacial score (nSPS) is 11.7. The molecular formula is C16H21BrN2. The Labute approximate surface area is 124 Å². The van der Waals surface area contributed by atoms with Crippen molar-refractivity contribution in [1.82, 2.24) is 9.88 Å². The Bertz CT molecular complexity index is 551. The largest absolute Gasteiger partial charge is 0.296 e. The van der Waals surface area contributed by atoms with Crippen molar-refractivity contribution in [2.45, 2.75) is 33.4 Å². The highest BCUT2D eigenvalue weighted by molar-refractivity contribution is 9.09. The molecule has 0 aliphatic carbocycles. The second-order valence-electron chi connectivity index (χ2n) is 5.19. The Morgan fingerprint density at radius 3 is 2.68 bits per heavy atom. The van der Waals surface area contributed by atoms with E-state index in [-0.39, 0.29) is 0 Å². The van der Waals surface area contributed by atoms with Crippen molar-refractivity contribution < 1.29 is 0 Å². The Morgan fingerprint density at radius 2 is 2.00 bits per heavy atom. The van der Waals surface area contributed by atoms with Crippen molar-refractivity contribution in [3.8, 4) is 0 Å². The van der Waals surface area contributed by atoms with Gasteiger partial charge in [-0.3, -0.25) is 9.88 Å². The fourth-order valence-corrected chi connectivity index (χ4v) is 2.83. The van der Waals surface area contributed by atoms with Gasteiger partial charge in [0.15, 0.2) is 0 Å². The van der Waals surface area contributed by atoms with Gasteiger partial charge in [-0.1, -0.05) is 34.1 Å². The number of rotatable bonds is 5. The van der Waals surface area contributed by atoms with Gasteiger partial charge in [-0.15, -0.1) is 0 Å². The summed E-state index contributed by atoms with van der Waals surface area (Å²) in [5.74, 6) is 0. The van der Waals surface area contributed by atoms with Crippen LogP contribution in [-0.4, -0.2) is 27.8 Å². The minimum atomic E-state index is 0.546. The van der Waals surface area contributed by atoms with E-state index in [0.717, 1.165) is 29.6 Å². The molecule has 0 spiro atoms. The standard InChI is InChI=1S/C16H21BrN2/c1-12(2)19(9-8-17)11-14-10-13(3)18-16-7-5-4-6-15(14)16/h4-7,10,12H,8-9,11H2,1-3H3. The molecule has 1 aromatic heterocycles. The number of hydrogen-bond donors (Lipinski definition) is 0. The van der Waals surface area contributed by atoms with Crippen LogP contribution in [0.4, 0.5) is 0 Å². The molecule has 1 heterocycles. The van der Waals surface area contributed by atoms with Crippen LogP contribution in [0.1, 0.15) is 25.1 Å². The molecule has 0 amide bonds. The van der Waals surface area contributed by atoms with E-state index in [1.807, 2.05) is 0 Å². The number of alkyl halides is 1. The molecule has 2 rings (SSSR count). The van der Waals surface area contributed by atoms with Gasteiger partial charge in [0.1, 0.15) is 0 Å². The van der Waals surface area contributed by atoms with Gasteiger partial charge in [0.05, 0.1) is 5.52 Å². The van der Waals surface area contributed by atoms with Crippen molar-refractivity contribution in [2.75, 3.05) is 11.9 Å². The van der Waals surface area contributed by atoms with Gasteiger partial charge in [-0.2, -0.15) is 0 Å². The number of pyridine rings is 1. The molecule has 0 N–H and O–H groups in total. The van der Waals surface area contributed by atoms with Gasteiger partial charge in [0.2, 0.25) is 0 Å². The van der Waals surface area contributed by atoms with Crippen molar-refractivity contribution in [2.24, 2.45) is 0 Å². The first-order chi connectivity index (χ1) is 9.11. The maximum atomic E-state index is 4.61. The van der Waals surface area contributed by atoms with Gasteiger partial charge >= 0.3 is 0 Å². The smallest absolute Gasteiger partial charge is 0.0708 e. The Hall–Kier alpha value is -0.930. The lowest BCUT2D eigenvalue weighted by Gasteiger charge is -2.26. The minimum Gasteiger partial charge on any atom is -0.296 e. The summed E-state index contributed by atoms with van der Waals surface area (Å²) in [6.45, 7) is 8.61. The van der Waals surface area contributed by atoms with Gasteiger partial charge in [-0.25, -0.2) is 0 Å². The summed E-state index contributed by atoms with van der Waals surface area (Å²) in [7, 11) is 0. The van der Waals surface area contributed by atoms with Gasteiger partial charge < -0.3 is 0 Å². The average Bonchev–Trinajstić information content (AvgIpc) is 2.37. The molecule has 0 saturated carbocycles. The second-order valence-corrected chi connectivity index (χ2v) is 5.99. The Balaban J connectivity index is 2.38. The first kappa shape index (κ1) is 14.5. The Morgan fingerprint density at radius 1 is 1.26 bits per heavy atom. The van der Waals surface area contributed by atoms with E-state index in [9.17, 15) is 0 Å². The molecule has 0 atom stereocenters. The summed E-state index contributed by atoms with van der Waals surface area (Å²) in [4.78, 5) is 7.09. The number of para-hydroxylation sites is 1. The summed E-state index contributed by atoms with van der Waals surface area (Å²) in [5, 5.41) is 2.28. The molecule has 0 fully saturated rings. The molecule has 2 aromatic rings. The molecule has 0 aliphatic heterocycles. The molecule has 102 valence electrons. The first-order valence-electron chi connectivity index (χ1n) is 6.77. The third-order valence-electron chi connectivity index (χ3n) is 3.41. The quantitative estimate of drug-likeness (QED) is 0.769. The van der Waals surface area contributed by atoms with Crippen LogP contribution in [0.5, 0.6) is 0 Å². The number of aryl methyl sites for hydroxylation is 1. The number of halogens is 1. The highest BCUT2D eigenvalue weighted by Crippen LogP contribution is 2.20. The lowest BCUT2D eigenvalue weighted by atomic mass is 10.1. The van der Waals surface area contributed by atoms with Gasteiger partial charge in [-0.05, 0) is 38.5 Å². The van der Waals surface area contributed by atoms with Crippen LogP contribution in [0, 0.1) is 6.92 Å². The molecule has 2 nitrogen and oxygen atoms in total. The summed E-state index contributed by atoms with van der Waals surface area (Å²) < 4.78 is 0. The van der Waals surface area contributed by atoms with E-state index >= 15 is 0 Å². The van der Waals surface area contributed by atoms with Crippen LogP contribution in [0.25, 0.3) is 10.9 Å². The zero-order chi connectivity index (χ0) is 13.8. The monoisotopic (exact) mass is 320 g/mol. The molecule has 1 aromatic carbocycles. The van der Waals surface area contributed by atoms with Crippen LogP contribution in [0.2, 0.25) is 0 Å². The second kappa shape index (κ2) is 6.49. The van der Waals surface area contributed by atoms with E-state index in [1.165, 1.54) is 10.9 Å². The molecule has 0 saturated heterocycles. The third-order valence-corrected chi connectivity index (χ3v) is 3.76. The molecule has 0 radical (unpaired) electrons. The molecule has 0 unspecified atom stereocenters. The number of aromatic nitrogens is 1. The summed E-state index contributed by atoms with van der Waals surface area (Å²) in [6, 6.07) is 11.2. The maximum absolute atomic E-state index is 4.61. The predicted molar refractivity (Wildman–Crippen MR) is 85.8 cm³/mol. The number of nitrogens with zero attached hydrogens (tertiary/aromatic N) is 2. The summed E-state index contributed by atoms with van der Waals surface area (Å²) in [6.07, 6.45) is 0. The lowest BCUT2D eigenvalue weighted by Crippen LogP contribution is -2.32. The van der Waals surface area contributed by atoms with Crippen LogP contribution in [0.3, 0.4) is 0 Å². The SMILES string of the molecule is Cc1cc(CN(CCBr)C(C)C)c2ccccc2n1. The van der Waals surface area contributed by atoms with E-state index in [1.54, 1.807) is 0 Å². The van der Waals surface area contributed by atoms with E-state index in [4.69, 9.17) is 0 Å². The van der Waals surface area contributed by atoms with Crippen molar-refractivity contribution in [1.29, 1.82) is 0 Å². The number of hydrogen-bond acceptors (Lipinski definition) is 2. The van der Waals surface area contributed by atoms with E-state index in [0.29, 0.717) is 6.04 Å². The highest BCUT2D eigenvalue weighted by Gasteiger charge is 2.12. The minimum absolute atomic E-state index is 0.546. The zero-order valence-corrected chi connectivity index (χ0v) is 13.4. The molecule has 3 heteroatoms. The lowest BCUT2D eigenvalue weighted by molar-refractivity contribution is 0.228. The zero-order valence-electron chi connectivity index (χ0n) is 11.9. The summed E-state index contributed by atoms with van der Waals surface area (Å²) >= 11 is 3.54. The van der Waals surface area contributed by atoms with E-state index < -0.39 is 0 Å². The third kappa shape index (κ3) is 3.54. The number of benzene rings is 1. The summed E-state index contributed by atoms with van der Waals surface area (Å²) in [5.41, 5.74) is 3.56. The van der Waals surface area contributed by atoms with Crippen LogP contribution in [-0.2, 0) is 6.54 Å².